The summed E-state index contributed by atoms with van der Waals surface area (Å²) >= 11 is 0. The molecule has 0 bridgehead atoms. The molecule has 0 fully saturated rings. The Balaban J connectivity index is 1.58. The minimum absolute atomic E-state index is 0.0934. The number of benzene rings is 1. The summed E-state index contributed by atoms with van der Waals surface area (Å²) in [7, 11) is 0. The third-order valence-corrected chi connectivity index (χ3v) is 5.38. The highest BCUT2D eigenvalue weighted by Crippen LogP contribution is 2.29. The first-order chi connectivity index (χ1) is 14.7. The summed E-state index contributed by atoms with van der Waals surface area (Å²) < 4.78 is 11.2. The molecule has 1 aliphatic rings. The van der Waals surface area contributed by atoms with Crippen molar-refractivity contribution in [2.75, 3.05) is 19.8 Å². The van der Waals surface area contributed by atoms with Crippen LogP contribution in [0.3, 0.4) is 0 Å². The van der Waals surface area contributed by atoms with Crippen LogP contribution in [0.25, 0.3) is 0 Å². The lowest BCUT2D eigenvalue weighted by Gasteiger charge is -2.27. The normalized spacial score (nSPS) is 20.3. The molecule has 0 radical (unpaired) electrons. The maximum absolute atomic E-state index is 11.8. The van der Waals surface area contributed by atoms with Crippen LogP contribution in [0.1, 0.15) is 62.8 Å². The van der Waals surface area contributed by atoms with Crippen molar-refractivity contribution in [2.45, 2.75) is 62.9 Å². The molecule has 1 aliphatic carbocycles. The molecular formula is C26H36O4. The average Bonchev–Trinajstić information content (AvgIpc) is 2.78. The fourth-order valence-electron chi connectivity index (χ4n) is 3.59. The van der Waals surface area contributed by atoms with Crippen molar-refractivity contribution in [3.8, 4) is 0 Å². The molecule has 0 spiro atoms. The van der Waals surface area contributed by atoms with Crippen LogP contribution in [0.2, 0.25) is 0 Å². The summed E-state index contributed by atoms with van der Waals surface area (Å²) in [5, 5.41) is 9.70. The second kappa shape index (κ2) is 13.9. The van der Waals surface area contributed by atoms with Crippen LogP contribution in [0, 0.1) is 0 Å². The van der Waals surface area contributed by atoms with E-state index in [4.69, 9.17) is 9.47 Å². The highest BCUT2D eigenvalue weighted by atomic mass is 16.5. The first kappa shape index (κ1) is 24.1. The summed E-state index contributed by atoms with van der Waals surface area (Å²) in [5.74, 6) is -0.866. The second-order valence-electron chi connectivity index (χ2n) is 7.79. The van der Waals surface area contributed by atoms with Gasteiger partial charge in [-0.3, -0.25) is 0 Å². The third-order valence-electron chi connectivity index (χ3n) is 5.38. The van der Waals surface area contributed by atoms with Crippen LogP contribution < -0.4 is 0 Å². The Kier molecular flexibility index (Phi) is 11.2. The summed E-state index contributed by atoms with van der Waals surface area (Å²) in [6, 6.07) is 10.1. The number of rotatable bonds is 16. The smallest absolute Gasteiger partial charge is 0.344 e. The van der Waals surface area contributed by atoms with E-state index in [1.54, 1.807) is 18.2 Å². The molecule has 164 valence electrons. The van der Waals surface area contributed by atoms with E-state index in [-0.39, 0.29) is 5.92 Å². The van der Waals surface area contributed by atoms with Crippen molar-refractivity contribution in [3.05, 3.63) is 72.9 Å². The molecule has 1 N–H and O–H groups in total. The lowest BCUT2D eigenvalue weighted by atomic mass is 9.88. The van der Waals surface area contributed by atoms with Gasteiger partial charge in [-0.25, -0.2) is 4.79 Å². The molecule has 2 rings (SSSR count). The molecule has 0 unspecified atom stereocenters. The number of hydrogen-bond acceptors (Lipinski definition) is 3. The van der Waals surface area contributed by atoms with Crippen molar-refractivity contribution in [1.82, 2.24) is 0 Å². The van der Waals surface area contributed by atoms with Crippen LogP contribution >= 0.6 is 0 Å². The Morgan fingerprint density at radius 3 is 2.07 bits per heavy atom. The highest BCUT2D eigenvalue weighted by molar-refractivity contribution is 5.83. The van der Waals surface area contributed by atoms with Crippen LogP contribution in [-0.2, 0) is 14.3 Å². The highest BCUT2D eigenvalue weighted by Gasteiger charge is 2.36. The number of unbranched alkanes of at least 4 members (excludes halogenated alkanes) is 7. The first-order valence-corrected chi connectivity index (χ1v) is 11.2. The van der Waals surface area contributed by atoms with Gasteiger partial charge in [0.15, 0.2) is 0 Å². The maximum atomic E-state index is 11.8. The van der Waals surface area contributed by atoms with E-state index in [0.29, 0.717) is 13.2 Å². The van der Waals surface area contributed by atoms with Crippen LogP contribution in [0.5, 0.6) is 0 Å². The largest absolute Gasteiger partial charge is 0.479 e. The van der Waals surface area contributed by atoms with Crippen molar-refractivity contribution < 1.29 is 19.4 Å². The summed E-state index contributed by atoms with van der Waals surface area (Å²) in [6.45, 7) is 5.56. The fourth-order valence-corrected chi connectivity index (χ4v) is 3.59. The van der Waals surface area contributed by atoms with Gasteiger partial charge in [0.05, 0.1) is 6.61 Å². The third kappa shape index (κ3) is 8.29. The van der Waals surface area contributed by atoms with Gasteiger partial charge in [-0.15, -0.1) is 6.58 Å². The number of carboxylic acids is 1. The SMILES string of the molecule is C=CCOCCCCCCCCCCOC1(C(=O)O)C=CC(c2ccccc2)C=C1. The topological polar surface area (TPSA) is 55.8 Å². The number of aliphatic carboxylic acids is 1. The van der Waals surface area contributed by atoms with Gasteiger partial charge in [0.2, 0.25) is 5.60 Å². The Morgan fingerprint density at radius 2 is 1.50 bits per heavy atom. The molecule has 0 saturated carbocycles. The Morgan fingerprint density at radius 1 is 0.933 bits per heavy atom. The molecule has 4 nitrogen and oxygen atoms in total. The Labute approximate surface area is 181 Å². The van der Waals surface area contributed by atoms with E-state index in [0.717, 1.165) is 37.9 Å². The van der Waals surface area contributed by atoms with Crippen molar-refractivity contribution in [2.24, 2.45) is 0 Å². The van der Waals surface area contributed by atoms with Crippen LogP contribution in [0.4, 0.5) is 0 Å². The molecular weight excluding hydrogens is 376 g/mol. The number of carbonyl (C=O) groups is 1. The predicted molar refractivity (Wildman–Crippen MR) is 122 cm³/mol. The number of carboxylic acid groups (broad SMARTS) is 1. The number of ether oxygens (including phenoxy) is 2. The molecule has 0 aliphatic heterocycles. The minimum Gasteiger partial charge on any atom is -0.479 e. The fraction of sp³-hybridized carbons (Fsp3) is 0.500. The molecule has 4 heteroatoms. The van der Waals surface area contributed by atoms with E-state index >= 15 is 0 Å². The van der Waals surface area contributed by atoms with Crippen molar-refractivity contribution in [1.29, 1.82) is 0 Å². The standard InChI is InChI=1S/C26H36O4/c1-2-20-29-21-12-7-5-3-4-6-8-13-22-30-26(25(27)28)18-16-24(17-19-26)23-14-10-9-11-15-23/h2,9-11,14-19,24H,1,3-8,12-13,20-22H2,(H,27,28). The van der Waals surface area contributed by atoms with E-state index in [2.05, 4.69) is 6.58 Å². The molecule has 0 saturated heterocycles. The molecule has 0 amide bonds. The van der Waals surface area contributed by atoms with Gasteiger partial charge in [-0.2, -0.15) is 0 Å². The molecule has 0 atom stereocenters. The van der Waals surface area contributed by atoms with E-state index in [1.165, 1.54) is 25.7 Å². The van der Waals surface area contributed by atoms with Gasteiger partial charge in [0.25, 0.3) is 0 Å². The lowest BCUT2D eigenvalue weighted by molar-refractivity contribution is -0.154. The first-order valence-electron chi connectivity index (χ1n) is 11.2. The summed E-state index contributed by atoms with van der Waals surface area (Å²) in [4.78, 5) is 11.8. The monoisotopic (exact) mass is 412 g/mol. The predicted octanol–water partition coefficient (Wildman–Crippen LogP) is 6.06. The van der Waals surface area contributed by atoms with Crippen molar-refractivity contribution in [3.63, 3.8) is 0 Å². The summed E-state index contributed by atoms with van der Waals surface area (Å²) in [5.41, 5.74) is -0.188. The van der Waals surface area contributed by atoms with E-state index in [9.17, 15) is 9.90 Å². The zero-order valence-electron chi connectivity index (χ0n) is 18.0. The zero-order valence-corrected chi connectivity index (χ0v) is 18.0. The molecule has 1 aromatic rings. The summed E-state index contributed by atoms with van der Waals surface area (Å²) in [6.07, 6.45) is 18.2. The average molecular weight is 413 g/mol. The molecule has 0 aromatic heterocycles. The van der Waals surface area contributed by atoms with Gasteiger partial charge in [0, 0.05) is 19.1 Å². The number of hydrogen-bond donors (Lipinski definition) is 1. The molecule has 1 aromatic carbocycles. The van der Waals surface area contributed by atoms with Gasteiger partial charge >= 0.3 is 5.97 Å². The second-order valence-corrected chi connectivity index (χ2v) is 7.79. The van der Waals surface area contributed by atoms with Gasteiger partial charge in [-0.05, 0) is 30.6 Å². The van der Waals surface area contributed by atoms with Gasteiger partial charge in [0.1, 0.15) is 0 Å². The van der Waals surface area contributed by atoms with E-state index in [1.807, 2.05) is 42.5 Å². The van der Waals surface area contributed by atoms with Crippen LogP contribution in [-0.4, -0.2) is 36.5 Å². The van der Waals surface area contributed by atoms with Crippen molar-refractivity contribution >= 4 is 5.97 Å². The quantitative estimate of drug-likeness (QED) is 0.265. The lowest BCUT2D eigenvalue weighted by Crippen LogP contribution is -2.39. The van der Waals surface area contributed by atoms with Gasteiger partial charge < -0.3 is 14.6 Å². The Hall–Kier alpha value is -2.17. The van der Waals surface area contributed by atoms with Crippen LogP contribution in [0.15, 0.2) is 67.3 Å². The molecule has 30 heavy (non-hydrogen) atoms. The van der Waals surface area contributed by atoms with Gasteiger partial charge in [-0.1, -0.05) is 87.1 Å². The van der Waals surface area contributed by atoms with E-state index < -0.39 is 11.6 Å². The zero-order chi connectivity index (χ0) is 21.5. The number of allylic oxidation sites excluding steroid dienone is 2. The molecule has 0 heterocycles. The Bertz CT molecular complexity index is 664. The minimum atomic E-state index is -1.33. The maximum Gasteiger partial charge on any atom is 0.344 e.